The number of nitrogens with zero attached hydrogens (tertiary/aromatic N) is 3. The highest BCUT2D eigenvalue weighted by molar-refractivity contribution is 7.99. The largest absolute Gasteiger partial charge is 0.435 e. The maximum atomic E-state index is 12.4. The minimum Gasteiger partial charge on any atom is -0.435 e. The highest BCUT2D eigenvalue weighted by Crippen LogP contribution is 2.26. The first-order valence-electron chi connectivity index (χ1n) is 9.50. The number of allylic oxidation sites excluding steroid dienone is 1. The van der Waals surface area contributed by atoms with Gasteiger partial charge in [-0.3, -0.25) is 14.2 Å². The van der Waals surface area contributed by atoms with Gasteiger partial charge in [0.15, 0.2) is 16.8 Å². The van der Waals surface area contributed by atoms with Gasteiger partial charge in [-0.2, -0.15) is 8.78 Å². The van der Waals surface area contributed by atoms with E-state index in [4.69, 9.17) is 0 Å². The number of ketones is 1. The van der Waals surface area contributed by atoms with Gasteiger partial charge in [0, 0.05) is 23.4 Å². The van der Waals surface area contributed by atoms with Crippen molar-refractivity contribution in [2.75, 3.05) is 11.1 Å². The van der Waals surface area contributed by atoms with Crippen LogP contribution in [0.25, 0.3) is 11.4 Å². The van der Waals surface area contributed by atoms with E-state index in [0.29, 0.717) is 34.3 Å². The number of benzene rings is 2. The van der Waals surface area contributed by atoms with Gasteiger partial charge < -0.3 is 10.1 Å². The van der Waals surface area contributed by atoms with Crippen molar-refractivity contribution in [3.8, 4) is 17.1 Å². The molecule has 1 heterocycles. The average Bonchev–Trinajstić information content (AvgIpc) is 3.15. The monoisotopic (exact) mass is 458 g/mol. The van der Waals surface area contributed by atoms with Crippen molar-refractivity contribution in [3.63, 3.8) is 0 Å². The maximum Gasteiger partial charge on any atom is 0.387 e. The molecule has 0 saturated heterocycles. The van der Waals surface area contributed by atoms with E-state index >= 15 is 0 Å². The van der Waals surface area contributed by atoms with Crippen molar-refractivity contribution in [2.24, 2.45) is 0 Å². The van der Waals surface area contributed by atoms with Crippen molar-refractivity contribution in [1.82, 2.24) is 14.8 Å². The summed E-state index contributed by atoms with van der Waals surface area (Å²) in [7, 11) is 0. The Kier molecular flexibility index (Phi) is 7.72. The molecule has 1 amide bonds. The molecule has 0 atom stereocenters. The molecule has 7 nitrogen and oxygen atoms in total. The Labute approximate surface area is 187 Å². The van der Waals surface area contributed by atoms with E-state index in [9.17, 15) is 18.4 Å². The Morgan fingerprint density at radius 1 is 1.22 bits per heavy atom. The normalized spacial score (nSPS) is 10.8. The second-order valence-corrected chi connectivity index (χ2v) is 7.52. The van der Waals surface area contributed by atoms with Gasteiger partial charge in [-0.15, -0.1) is 16.8 Å². The molecule has 0 radical (unpaired) electrons. The number of nitrogens with one attached hydrogen (secondary N) is 1. The number of hydrogen-bond donors (Lipinski definition) is 1. The Bertz CT molecular complexity index is 1120. The first kappa shape index (κ1) is 23.1. The summed E-state index contributed by atoms with van der Waals surface area (Å²) >= 11 is 1.19. The van der Waals surface area contributed by atoms with Gasteiger partial charge in [0.25, 0.3) is 0 Å². The van der Waals surface area contributed by atoms with Crippen LogP contribution in [0.15, 0.2) is 66.3 Å². The van der Waals surface area contributed by atoms with Crippen molar-refractivity contribution in [2.45, 2.75) is 25.2 Å². The number of thioether (sulfide) groups is 1. The van der Waals surface area contributed by atoms with Crippen molar-refractivity contribution >= 4 is 29.1 Å². The third-order valence-corrected chi connectivity index (χ3v) is 5.22. The smallest absolute Gasteiger partial charge is 0.387 e. The van der Waals surface area contributed by atoms with Crippen LogP contribution < -0.4 is 10.1 Å². The standard InChI is InChI=1S/C22H20F2N4O3S/c1-3-11-28-20(15-7-9-18(10-8-15)31-21(23)24)26-27-22(28)32-13-19(30)25-17-6-4-5-16(12-17)14(2)29/h3-10,12,21H,1,11,13H2,2H3,(H,25,30). The van der Waals surface area contributed by atoms with E-state index in [1.807, 2.05) is 0 Å². The van der Waals surface area contributed by atoms with E-state index in [1.54, 1.807) is 47.0 Å². The lowest BCUT2D eigenvalue weighted by Crippen LogP contribution is -2.15. The van der Waals surface area contributed by atoms with E-state index in [0.717, 1.165) is 0 Å². The van der Waals surface area contributed by atoms with Crippen LogP contribution in [0.3, 0.4) is 0 Å². The molecule has 166 valence electrons. The number of hydrogen-bond acceptors (Lipinski definition) is 6. The topological polar surface area (TPSA) is 86.1 Å². The molecular weight excluding hydrogens is 438 g/mol. The zero-order chi connectivity index (χ0) is 23.1. The van der Waals surface area contributed by atoms with Crippen LogP contribution in [0.5, 0.6) is 5.75 Å². The molecule has 10 heteroatoms. The Balaban J connectivity index is 1.70. The molecule has 2 aromatic carbocycles. The van der Waals surface area contributed by atoms with E-state index in [1.165, 1.54) is 30.8 Å². The fraction of sp³-hybridized carbons (Fsp3) is 0.182. The van der Waals surface area contributed by atoms with E-state index in [2.05, 4.69) is 26.8 Å². The fourth-order valence-corrected chi connectivity index (χ4v) is 3.58. The van der Waals surface area contributed by atoms with Crippen molar-refractivity contribution in [3.05, 3.63) is 66.7 Å². The quantitative estimate of drug-likeness (QED) is 0.270. The molecule has 3 rings (SSSR count). The molecule has 1 aromatic heterocycles. The molecule has 1 N–H and O–H groups in total. The van der Waals surface area contributed by atoms with Crippen LogP contribution in [0, 0.1) is 0 Å². The van der Waals surface area contributed by atoms with Crippen LogP contribution in [0.2, 0.25) is 0 Å². The second-order valence-electron chi connectivity index (χ2n) is 6.58. The number of carbonyl (C=O) groups excluding carboxylic acids is 2. The second kappa shape index (κ2) is 10.7. The molecule has 0 spiro atoms. The number of Topliss-reactive ketones (excluding diaryl/α,β-unsaturated/α-hetero) is 1. The summed E-state index contributed by atoms with van der Waals surface area (Å²) in [5, 5.41) is 11.6. The fourth-order valence-electron chi connectivity index (χ4n) is 2.83. The molecular formula is C22H20F2N4O3S. The predicted molar refractivity (Wildman–Crippen MR) is 118 cm³/mol. The van der Waals surface area contributed by atoms with Gasteiger partial charge in [-0.1, -0.05) is 30.0 Å². The molecule has 0 unspecified atom stereocenters. The lowest BCUT2D eigenvalue weighted by molar-refractivity contribution is -0.113. The average molecular weight is 458 g/mol. The third kappa shape index (κ3) is 6.01. The summed E-state index contributed by atoms with van der Waals surface area (Å²) in [4.78, 5) is 23.9. The molecule has 0 fully saturated rings. The highest BCUT2D eigenvalue weighted by atomic mass is 32.2. The molecule has 32 heavy (non-hydrogen) atoms. The number of anilines is 1. The number of ether oxygens (including phenoxy) is 1. The number of rotatable bonds is 10. The minimum atomic E-state index is -2.90. The lowest BCUT2D eigenvalue weighted by atomic mass is 10.1. The van der Waals surface area contributed by atoms with Gasteiger partial charge in [-0.25, -0.2) is 0 Å². The first-order chi connectivity index (χ1) is 15.4. The van der Waals surface area contributed by atoms with Crippen molar-refractivity contribution in [1.29, 1.82) is 0 Å². The lowest BCUT2D eigenvalue weighted by Gasteiger charge is -2.09. The van der Waals surface area contributed by atoms with Gasteiger partial charge in [-0.05, 0) is 43.3 Å². The van der Waals surface area contributed by atoms with Crippen LogP contribution in [-0.2, 0) is 11.3 Å². The highest BCUT2D eigenvalue weighted by Gasteiger charge is 2.16. The van der Waals surface area contributed by atoms with Crippen LogP contribution in [0.1, 0.15) is 17.3 Å². The summed E-state index contributed by atoms with van der Waals surface area (Å²) in [6.07, 6.45) is 1.67. The predicted octanol–water partition coefficient (Wildman–Crippen LogP) is 4.67. The summed E-state index contributed by atoms with van der Waals surface area (Å²) in [6, 6.07) is 12.7. The zero-order valence-electron chi connectivity index (χ0n) is 17.1. The summed E-state index contributed by atoms with van der Waals surface area (Å²) in [6.45, 7) is 2.69. The van der Waals surface area contributed by atoms with Crippen LogP contribution >= 0.6 is 11.8 Å². The Hall–Kier alpha value is -3.53. The number of aromatic nitrogens is 3. The number of alkyl halides is 2. The molecule has 0 bridgehead atoms. The number of carbonyl (C=O) groups is 2. The molecule has 0 saturated carbocycles. The molecule has 0 aliphatic carbocycles. The van der Waals surface area contributed by atoms with E-state index < -0.39 is 6.61 Å². The SMILES string of the molecule is C=CCn1c(SCC(=O)Nc2cccc(C(C)=O)c2)nnc1-c1ccc(OC(F)F)cc1. The molecule has 3 aromatic rings. The summed E-state index contributed by atoms with van der Waals surface area (Å²) < 4.78 is 30.8. The van der Waals surface area contributed by atoms with Gasteiger partial charge in [0.05, 0.1) is 5.75 Å². The number of halogens is 2. The van der Waals surface area contributed by atoms with Crippen molar-refractivity contribution < 1.29 is 23.1 Å². The van der Waals surface area contributed by atoms with Gasteiger partial charge in [0.2, 0.25) is 5.91 Å². The third-order valence-electron chi connectivity index (χ3n) is 4.25. The van der Waals surface area contributed by atoms with Crippen LogP contribution in [0.4, 0.5) is 14.5 Å². The minimum absolute atomic E-state index is 0.0404. The van der Waals surface area contributed by atoms with Gasteiger partial charge in [0.1, 0.15) is 5.75 Å². The first-order valence-corrected chi connectivity index (χ1v) is 10.5. The number of amides is 1. The molecule has 0 aliphatic rings. The summed E-state index contributed by atoms with van der Waals surface area (Å²) in [5.41, 5.74) is 1.69. The molecule has 0 aliphatic heterocycles. The zero-order valence-corrected chi connectivity index (χ0v) is 17.9. The van der Waals surface area contributed by atoms with E-state index in [-0.39, 0.29) is 23.2 Å². The Morgan fingerprint density at radius 2 is 1.97 bits per heavy atom. The van der Waals surface area contributed by atoms with Crippen LogP contribution in [-0.4, -0.2) is 38.8 Å². The summed E-state index contributed by atoms with van der Waals surface area (Å²) in [5.74, 6) is 0.262. The maximum absolute atomic E-state index is 12.4. The van der Waals surface area contributed by atoms with Gasteiger partial charge >= 0.3 is 6.61 Å². The Morgan fingerprint density at radius 3 is 2.62 bits per heavy atom.